The van der Waals surface area contributed by atoms with Crippen LogP contribution in [0.25, 0.3) is 16.6 Å². The fraction of sp³-hybridized carbons (Fsp3) is 0.222. The summed E-state index contributed by atoms with van der Waals surface area (Å²) in [4.78, 5) is 2.36. The Morgan fingerprint density at radius 1 is 0.955 bits per heavy atom. The molecule has 0 bridgehead atoms. The second-order valence-electron chi connectivity index (χ2n) is 5.89. The SMILES string of the molecule is CN1CCc2c(n(-c3ccc(Cl)cc3)c3ccc(Cl)cc23)C1. The van der Waals surface area contributed by atoms with Crippen LogP contribution in [0.4, 0.5) is 0 Å². The highest BCUT2D eigenvalue weighted by atomic mass is 35.5. The standard InChI is InChI=1S/C18H16Cl2N2/c1-21-9-8-15-16-10-13(20)4-7-17(16)22(18(15)11-21)14-5-2-12(19)3-6-14/h2-7,10H,8-9,11H2,1H3. The third kappa shape index (κ3) is 2.23. The number of likely N-dealkylation sites (N-methyl/N-ethyl adjacent to an activating group) is 1. The lowest BCUT2D eigenvalue weighted by molar-refractivity contribution is 0.307. The molecule has 0 amide bonds. The molecular weight excluding hydrogens is 315 g/mol. The Labute approximate surface area is 139 Å². The van der Waals surface area contributed by atoms with E-state index in [2.05, 4.69) is 40.8 Å². The Morgan fingerprint density at radius 2 is 1.68 bits per heavy atom. The molecule has 0 atom stereocenters. The van der Waals surface area contributed by atoms with Crippen LogP contribution in [0.15, 0.2) is 42.5 Å². The monoisotopic (exact) mass is 330 g/mol. The van der Waals surface area contributed by atoms with Gasteiger partial charge in [0.05, 0.1) is 5.52 Å². The number of hydrogen-bond acceptors (Lipinski definition) is 1. The molecule has 0 N–H and O–H groups in total. The van der Waals surface area contributed by atoms with Crippen LogP contribution in [0.1, 0.15) is 11.3 Å². The number of aromatic nitrogens is 1. The van der Waals surface area contributed by atoms with Gasteiger partial charge in [-0.05, 0) is 61.5 Å². The lowest BCUT2D eigenvalue weighted by atomic mass is 10.0. The molecule has 0 unspecified atom stereocenters. The predicted molar refractivity (Wildman–Crippen MR) is 93.3 cm³/mol. The summed E-state index contributed by atoms with van der Waals surface area (Å²) >= 11 is 12.3. The van der Waals surface area contributed by atoms with Crippen LogP contribution in [-0.2, 0) is 13.0 Å². The van der Waals surface area contributed by atoms with E-state index in [4.69, 9.17) is 23.2 Å². The van der Waals surface area contributed by atoms with Gasteiger partial charge in [-0.3, -0.25) is 0 Å². The molecule has 22 heavy (non-hydrogen) atoms. The number of rotatable bonds is 1. The minimum atomic E-state index is 0.759. The molecule has 0 aliphatic carbocycles. The molecule has 2 nitrogen and oxygen atoms in total. The molecule has 0 fully saturated rings. The first-order chi connectivity index (χ1) is 10.6. The molecule has 4 heteroatoms. The zero-order valence-corrected chi connectivity index (χ0v) is 13.8. The van der Waals surface area contributed by atoms with Crippen molar-refractivity contribution in [2.45, 2.75) is 13.0 Å². The Hall–Kier alpha value is -1.48. The van der Waals surface area contributed by atoms with E-state index in [1.54, 1.807) is 0 Å². The van der Waals surface area contributed by atoms with Gasteiger partial charge in [0, 0.05) is 39.9 Å². The Balaban J connectivity index is 2.04. The molecule has 0 spiro atoms. The Kier molecular flexibility index (Phi) is 3.41. The highest BCUT2D eigenvalue weighted by Crippen LogP contribution is 2.34. The van der Waals surface area contributed by atoms with Gasteiger partial charge in [-0.15, -0.1) is 0 Å². The molecule has 2 aromatic carbocycles. The van der Waals surface area contributed by atoms with Gasteiger partial charge in [0.2, 0.25) is 0 Å². The lowest BCUT2D eigenvalue weighted by Gasteiger charge is -2.24. The molecule has 4 rings (SSSR count). The minimum Gasteiger partial charge on any atom is -0.312 e. The van der Waals surface area contributed by atoms with E-state index in [0.29, 0.717) is 0 Å². The summed E-state index contributed by atoms with van der Waals surface area (Å²) in [5, 5.41) is 2.82. The first kappa shape index (κ1) is 14.1. The fourth-order valence-corrected chi connectivity index (χ4v) is 3.65. The summed E-state index contributed by atoms with van der Waals surface area (Å²) in [6.45, 7) is 2.03. The van der Waals surface area contributed by atoms with E-state index in [9.17, 15) is 0 Å². The van der Waals surface area contributed by atoms with Gasteiger partial charge < -0.3 is 9.47 Å². The summed E-state index contributed by atoms with van der Waals surface area (Å²) in [6, 6.07) is 14.2. The molecule has 1 aromatic heterocycles. The zero-order chi connectivity index (χ0) is 15.3. The molecule has 0 saturated carbocycles. The molecule has 1 aliphatic rings. The first-order valence-corrected chi connectivity index (χ1v) is 8.15. The summed E-state index contributed by atoms with van der Waals surface area (Å²) in [6.07, 6.45) is 1.06. The number of nitrogens with zero attached hydrogens (tertiary/aromatic N) is 2. The maximum Gasteiger partial charge on any atom is 0.0535 e. The van der Waals surface area contributed by atoms with Gasteiger partial charge in [0.1, 0.15) is 0 Å². The van der Waals surface area contributed by atoms with Crippen LogP contribution in [0.5, 0.6) is 0 Å². The van der Waals surface area contributed by atoms with Crippen LogP contribution in [-0.4, -0.2) is 23.1 Å². The molecule has 112 valence electrons. The number of hydrogen-bond donors (Lipinski definition) is 0. The molecule has 0 saturated heterocycles. The zero-order valence-electron chi connectivity index (χ0n) is 12.3. The molecule has 0 radical (unpaired) electrons. The van der Waals surface area contributed by atoms with Crippen molar-refractivity contribution in [1.29, 1.82) is 0 Å². The van der Waals surface area contributed by atoms with Crippen molar-refractivity contribution in [3.8, 4) is 5.69 Å². The van der Waals surface area contributed by atoms with Crippen molar-refractivity contribution in [2.24, 2.45) is 0 Å². The largest absolute Gasteiger partial charge is 0.312 e. The van der Waals surface area contributed by atoms with Crippen LogP contribution < -0.4 is 0 Å². The van der Waals surface area contributed by atoms with Crippen LogP contribution in [0.3, 0.4) is 0 Å². The third-order valence-corrected chi connectivity index (χ3v) is 4.88. The molecule has 1 aliphatic heterocycles. The predicted octanol–water partition coefficient (Wildman–Crippen LogP) is 4.93. The van der Waals surface area contributed by atoms with Crippen molar-refractivity contribution in [1.82, 2.24) is 9.47 Å². The van der Waals surface area contributed by atoms with Gasteiger partial charge in [-0.2, -0.15) is 0 Å². The van der Waals surface area contributed by atoms with Gasteiger partial charge in [0.25, 0.3) is 0 Å². The summed E-state index contributed by atoms with van der Waals surface area (Å²) in [5.74, 6) is 0. The fourth-order valence-electron chi connectivity index (χ4n) is 3.35. The molecule has 3 aromatic rings. The highest BCUT2D eigenvalue weighted by molar-refractivity contribution is 6.31. The second-order valence-corrected chi connectivity index (χ2v) is 6.76. The molecule has 2 heterocycles. The van der Waals surface area contributed by atoms with Crippen molar-refractivity contribution < 1.29 is 0 Å². The van der Waals surface area contributed by atoms with E-state index in [-0.39, 0.29) is 0 Å². The first-order valence-electron chi connectivity index (χ1n) is 7.39. The number of benzene rings is 2. The number of halogens is 2. The summed E-state index contributed by atoms with van der Waals surface area (Å²) < 4.78 is 2.34. The van der Waals surface area contributed by atoms with Crippen molar-refractivity contribution in [2.75, 3.05) is 13.6 Å². The van der Waals surface area contributed by atoms with Gasteiger partial charge in [0.15, 0.2) is 0 Å². The van der Waals surface area contributed by atoms with Crippen molar-refractivity contribution in [3.63, 3.8) is 0 Å². The van der Waals surface area contributed by atoms with Crippen LogP contribution in [0.2, 0.25) is 10.0 Å². The highest BCUT2D eigenvalue weighted by Gasteiger charge is 2.23. The average molecular weight is 331 g/mol. The Morgan fingerprint density at radius 3 is 2.45 bits per heavy atom. The normalized spacial score (nSPS) is 15.2. The third-order valence-electron chi connectivity index (χ3n) is 4.39. The lowest BCUT2D eigenvalue weighted by Crippen LogP contribution is -2.27. The van der Waals surface area contributed by atoms with E-state index in [1.807, 2.05) is 18.2 Å². The van der Waals surface area contributed by atoms with Gasteiger partial charge in [-0.1, -0.05) is 23.2 Å². The van der Waals surface area contributed by atoms with Crippen molar-refractivity contribution in [3.05, 3.63) is 63.8 Å². The topological polar surface area (TPSA) is 8.17 Å². The quantitative estimate of drug-likeness (QED) is 0.614. The van der Waals surface area contributed by atoms with Crippen LogP contribution >= 0.6 is 23.2 Å². The summed E-state index contributed by atoms with van der Waals surface area (Å²) in [5.41, 5.74) is 5.14. The van der Waals surface area contributed by atoms with E-state index in [0.717, 1.165) is 35.2 Å². The average Bonchev–Trinajstić information content (AvgIpc) is 2.81. The number of fused-ring (bicyclic) bond motifs is 3. The van der Waals surface area contributed by atoms with E-state index >= 15 is 0 Å². The smallest absolute Gasteiger partial charge is 0.0535 e. The van der Waals surface area contributed by atoms with E-state index < -0.39 is 0 Å². The van der Waals surface area contributed by atoms with E-state index in [1.165, 1.54) is 22.2 Å². The summed E-state index contributed by atoms with van der Waals surface area (Å²) in [7, 11) is 2.17. The van der Waals surface area contributed by atoms with Gasteiger partial charge in [-0.25, -0.2) is 0 Å². The minimum absolute atomic E-state index is 0.759. The van der Waals surface area contributed by atoms with Gasteiger partial charge >= 0.3 is 0 Å². The Bertz CT molecular complexity index is 850. The van der Waals surface area contributed by atoms with Crippen molar-refractivity contribution >= 4 is 34.1 Å². The maximum atomic E-state index is 6.23. The molecular formula is C18H16Cl2N2. The second kappa shape index (κ2) is 5.31. The maximum absolute atomic E-state index is 6.23. The van der Waals surface area contributed by atoms with Crippen LogP contribution in [0, 0.1) is 0 Å².